The Morgan fingerprint density at radius 1 is 1.09 bits per heavy atom. The molecule has 3 saturated heterocycles. The van der Waals surface area contributed by atoms with E-state index in [4.69, 9.17) is 20.3 Å². The molecule has 10 heteroatoms. The number of aliphatic carboxylic acids is 1. The summed E-state index contributed by atoms with van der Waals surface area (Å²) in [5.41, 5.74) is 6.30. The van der Waals surface area contributed by atoms with Gasteiger partial charge in [0.25, 0.3) is 0 Å². The summed E-state index contributed by atoms with van der Waals surface area (Å²) in [5.74, 6) is -2.28. The number of hydrogen-bond donors (Lipinski definition) is 2. The minimum atomic E-state index is -1.07. The molecule has 1 aromatic carbocycles. The predicted molar refractivity (Wildman–Crippen MR) is 118 cm³/mol. The molecule has 0 radical (unpaired) electrons. The van der Waals surface area contributed by atoms with E-state index in [1.165, 1.54) is 0 Å². The number of halogens is 1. The van der Waals surface area contributed by atoms with Crippen LogP contribution in [0.5, 0.6) is 5.75 Å². The normalized spacial score (nSPS) is 28.1. The molecule has 1 amide bonds. The summed E-state index contributed by atoms with van der Waals surface area (Å²) in [6.07, 6.45) is 1.22. The van der Waals surface area contributed by atoms with E-state index in [1.807, 2.05) is 11.9 Å². The monoisotopic (exact) mass is 467 g/mol. The number of carbonyl (C=O) groups excluding carboxylic acids is 2. The van der Waals surface area contributed by atoms with Crippen molar-refractivity contribution in [3.05, 3.63) is 29.8 Å². The van der Waals surface area contributed by atoms with Gasteiger partial charge >= 0.3 is 11.9 Å². The topological polar surface area (TPSA) is 122 Å². The summed E-state index contributed by atoms with van der Waals surface area (Å²) in [6.45, 7) is 2.96. The molecule has 5 atom stereocenters. The lowest BCUT2D eigenvalue weighted by atomic mass is 9.78. The summed E-state index contributed by atoms with van der Waals surface area (Å²) in [6, 6.07) is 5.63. The largest absolute Gasteiger partial charge is 0.480 e. The lowest BCUT2D eigenvalue weighted by Gasteiger charge is -2.36. The first-order chi connectivity index (χ1) is 14.8. The maximum Gasteiger partial charge on any atom is 0.320 e. The van der Waals surface area contributed by atoms with Crippen LogP contribution in [0.2, 0.25) is 0 Å². The number of hydrogen-bond acceptors (Lipinski definition) is 7. The molecule has 0 aromatic heterocycles. The summed E-state index contributed by atoms with van der Waals surface area (Å²) in [7, 11) is 2.03. The van der Waals surface area contributed by atoms with E-state index in [1.54, 1.807) is 24.3 Å². The zero-order valence-electron chi connectivity index (χ0n) is 18.0. The number of amides is 1. The van der Waals surface area contributed by atoms with Crippen LogP contribution in [0.3, 0.4) is 0 Å². The molecule has 3 fully saturated rings. The van der Waals surface area contributed by atoms with Crippen LogP contribution in [-0.4, -0.2) is 84.2 Å². The lowest BCUT2D eigenvalue weighted by molar-refractivity contribution is -0.149. The van der Waals surface area contributed by atoms with E-state index < -0.39 is 29.8 Å². The second-order valence-electron chi connectivity index (χ2n) is 8.68. The number of ether oxygens (including phenoxy) is 2. The molecular formula is C22H30ClN3O6. The SMILES string of the molecule is CN1CCN(C(=O)C2C(C(=O)Oc3ccc(CC(N)C(=O)O)cc3)[C@H]3CC[C@@H]2O3)CC1.Cl. The first-order valence-electron chi connectivity index (χ1n) is 10.8. The average molecular weight is 468 g/mol. The predicted octanol–water partition coefficient (Wildman–Crippen LogP) is 0.536. The highest BCUT2D eigenvalue weighted by Gasteiger charge is 2.57. The molecule has 0 aliphatic carbocycles. The average Bonchev–Trinajstić information content (AvgIpc) is 3.37. The Balaban J connectivity index is 0.00000289. The lowest BCUT2D eigenvalue weighted by Crippen LogP contribution is -2.52. The van der Waals surface area contributed by atoms with Crippen LogP contribution in [0.25, 0.3) is 0 Å². The van der Waals surface area contributed by atoms with Gasteiger partial charge in [-0.2, -0.15) is 0 Å². The molecule has 1 aromatic rings. The van der Waals surface area contributed by atoms with E-state index in [0.29, 0.717) is 18.8 Å². The number of fused-ring (bicyclic) bond motifs is 2. The summed E-state index contributed by atoms with van der Waals surface area (Å²) < 4.78 is 11.5. The molecule has 3 aliphatic rings. The number of esters is 1. The third kappa shape index (κ3) is 5.06. The Kier molecular flexibility index (Phi) is 7.76. The molecule has 3 aliphatic heterocycles. The van der Waals surface area contributed by atoms with Gasteiger partial charge in [0.2, 0.25) is 5.91 Å². The molecule has 3 unspecified atom stereocenters. The van der Waals surface area contributed by atoms with E-state index in [2.05, 4.69) is 4.90 Å². The molecule has 9 nitrogen and oxygen atoms in total. The summed E-state index contributed by atoms with van der Waals surface area (Å²) in [4.78, 5) is 41.2. The Labute approximate surface area is 193 Å². The molecule has 32 heavy (non-hydrogen) atoms. The number of carboxylic acids is 1. The molecule has 0 saturated carbocycles. The fraction of sp³-hybridized carbons (Fsp3) is 0.591. The van der Waals surface area contributed by atoms with E-state index in [9.17, 15) is 14.4 Å². The minimum Gasteiger partial charge on any atom is -0.480 e. The molecule has 3 heterocycles. The van der Waals surface area contributed by atoms with Gasteiger partial charge in [0.05, 0.1) is 24.0 Å². The maximum atomic E-state index is 13.2. The highest BCUT2D eigenvalue weighted by Crippen LogP contribution is 2.45. The summed E-state index contributed by atoms with van der Waals surface area (Å²) >= 11 is 0. The van der Waals surface area contributed by atoms with Crippen LogP contribution < -0.4 is 10.5 Å². The van der Waals surface area contributed by atoms with Crippen LogP contribution in [-0.2, 0) is 25.5 Å². The third-order valence-corrected chi connectivity index (χ3v) is 6.56. The van der Waals surface area contributed by atoms with Crippen molar-refractivity contribution in [2.24, 2.45) is 17.6 Å². The van der Waals surface area contributed by atoms with Crippen LogP contribution in [0.15, 0.2) is 24.3 Å². The van der Waals surface area contributed by atoms with Gasteiger partial charge in [0, 0.05) is 26.2 Å². The van der Waals surface area contributed by atoms with Crippen LogP contribution in [0.4, 0.5) is 0 Å². The van der Waals surface area contributed by atoms with Crippen molar-refractivity contribution in [3.8, 4) is 5.75 Å². The minimum absolute atomic E-state index is 0. The molecule has 3 N–H and O–H groups in total. The smallest absolute Gasteiger partial charge is 0.320 e. The third-order valence-electron chi connectivity index (χ3n) is 6.56. The van der Waals surface area contributed by atoms with Crippen molar-refractivity contribution in [2.45, 2.75) is 37.5 Å². The van der Waals surface area contributed by atoms with Gasteiger partial charge in [-0.1, -0.05) is 12.1 Å². The molecule has 176 valence electrons. The van der Waals surface area contributed by atoms with Gasteiger partial charge in [-0.05, 0) is 44.0 Å². The Hall–Kier alpha value is -2.20. The first kappa shape index (κ1) is 24.4. The van der Waals surface area contributed by atoms with Gasteiger partial charge in [-0.3, -0.25) is 14.4 Å². The number of nitrogens with zero attached hydrogens (tertiary/aromatic N) is 2. The second-order valence-corrected chi connectivity index (χ2v) is 8.68. The van der Waals surface area contributed by atoms with Gasteiger partial charge in [-0.25, -0.2) is 0 Å². The highest BCUT2D eigenvalue weighted by molar-refractivity contribution is 5.88. The Bertz CT molecular complexity index is 843. The summed E-state index contributed by atoms with van der Waals surface area (Å²) in [5, 5.41) is 8.93. The zero-order chi connectivity index (χ0) is 22.1. The quantitative estimate of drug-likeness (QED) is 0.459. The number of rotatable bonds is 6. The number of likely N-dealkylation sites (N-methyl/N-ethyl adjacent to an activating group) is 1. The molecular weight excluding hydrogens is 438 g/mol. The van der Waals surface area contributed by atoms with Gasteiger partial charge in [0.15, 0.2) is 0 Å². The van der Waals surface area contributed by atoms with Crippen molar-refractivity contribution < 1.29 is 29.0 Å². The zero-order valence-corrected chi connectivity index (χ0v) is 18.8. The van der Waals surface area contributed by atoms with Crippen molar-refractivity contribution in [2.75, 3.05) is 33.2 Å². The van der Waals surface area contributed by atoms with Crippen LogP contribution >= 0.6 is 12.4 Å². The standard InChI is InChI=1S/C22H29N3O6.ClH/c1-24-8-10-25(11-9-24)20(26)18-16-6-7-17(31-16)19(18)22(29)30-14-4-2-13(3-5-14)12-15(23)21(27)28;/h2-5,15-19H,6-12,23H2,1H3,(H,27,28);1H/t15?,16-,17+,18?,19?;/m0./s1. The fourth-order valence-corrected chi connectivity index (χ4v) is 4.75. The Morgan fingerprint density at radius 3 is 2.28 bits per heavy atom. The van der Waals surface area contributed by atoms with E-state index in [-0.39, 0.29) is 36.9 Å². The maximum absolute atomic E-state index is 13.2. The molecule has 4 rings (SSSR count). The highest BCUT2D eigenvalue weighted by atomic mass is 35.5. The number of piperazine rings is 1. The second kappa shape index (κ2) is 10.2. The number of benzene rings is 1. The fourth-order valence-electron chi connectivity index (χ4n) is 4.75. The van der Waals surface area contributed by atoms with Crippen molar-refractivity contribution in [3.63, 3.8) is 0 Å². The van der Waals surface area contributed by atoms with Gasteiger partial charge in [-0.15, -0.1) is 12.4 Å². The van der Waals surface area contributed by atoms with Crippen molar-refractivity contribution >= 4 is 30.3 Å². The first-order valence-corrected chi connectivity index (χ1v) is 10.8. The number of carbonyl (C=O) groups is 3. The van der Waals surface area contributed by atoms with Gasteiger partial charge in [0.1, 0.15) is 11.8 Å². The molecule has 0 spiro atoms. The van der Waals surface area contributed by atoms with E-state index >= 15 is 0 Å². The van der Waals surface area contributed by atoms with Crippen LogP contribution in [0.1, 0.15) is 18.4 Å². The van der Waals surface area contributed by atoms with Crippen LogP contribution in [0, 0.1) is 11.8 Å². The van der Waals surface area contributed by atoms with Crippen molar-refractivity contribution in [1.29, 1.82) is 0 Å². The number of nitrogens with two attached hydrogens (primary N) is 1. The van der Waals surface area contributed by atoms with E-state index in [0.717, 1.165) is 31.5 Å². The number of carboxylic acid groups (broad SMARTS) is 1. The molecule has 2 bridgehead atoms. The van der Waals surface area contributed by atoms with Crippen molar-refractivity contribution in [1.82, 2.24) is 9.80 Å². The Morgan fingerprint density at radius 2 is 1.69 bits per heavy atom. The van der Waals surface area contributed by atoms with Gasteiger partial charge < -0.3 is 30.1 Å².